The molecule has 4 nitrogen and oxygen atoms in total. The lowest BCUT2D eigenvalue weighted by Gasteiger charge is -2.15. The van der Waals surface area contributed by atoms with Crippen LogP contribution >= 0.6 is 11.6 Å². The third kappa shape index (κ3) is 3.82. The highest BCUT2D eigenvalue weighted by atomic mass is 35.5. The summed E-state index contributed by atoms with van der Waals surface area (Å²) in [6, 6.07) is 3.79. The summed E-state index contributed by atoms with van der Waals surface area (Å²) in [5.74, 6) is 1.75. The average Bonchev–Trinajstić information content (AvgIpc) is 2.36. The fraction of sp³-hybridized carbons (Fsp3) is 0.385. The zero-order chi connectivity index (χ0) is 13.5. The summed E-state index contributed by atoms with van der Waals surface area (Å²) in [5.41, 5.74) is 1.04. The second-order valence-electron chi connectivity index (χ2n) is 3.67. The molecule has 0 aliphatic carbocycles. The quantitative estimate of drug-likeness (QED) is 0.827. The van der Waals surface area contributed by atoms with Gasteiger partial charge in [0, 0.05) is 11.6 Å². The maximum atomic E-state index is 5.69. The number of hydrogen-bond acceptors (Lipinski definition) is 4. The Bertz CT molecular complexity index is 396. The topological polar surface area (TPSA) is 39.7 Å². The zero-order valence-electron chi connectivity index (χ0n) is 10.9. The van der Waals surface area contributed by atoms with Crippen LogP contribution in [0.25, 0.3) is 0 Å². The number of halogens is 1. The highest BCUT2D eigenvalue weighted by Gasteiger charge is 2.14. The standard InChI is InChI=1S/C13H18ClNO3/c1-9(14)8-18-13-11(16-3)5-10(7-15-2)6-12(13)17-4/h5-6,15H,1,7-8H2,2-4H3. The van der Waals surface area contributed by atoms with Gasteiger partial charge in [-0.3, -0.25) is 0 Å². The van der Waals surface area contributed by atoms with Gasteiger partial charge in [0.15, 0.2) is 11.5 Å². The van der Waals surface area contributed by atoms with Crippen LogP contribution in [0.4, 0.5) is 0 Å². The molecule has 5 heteroatoms. The van der Waals surface area contributed by atoms with Gasteiger partial charge in [-0.15, -0.1) is 0 Å². The molecule has 1 aromatic carbocycles. The maximum Gasteiger partial charge on any atom is 0.203 e. The Balaban J connectivity index is 3.08. The maximum absolute atomic E-state index is 5.69. The van der Waals surface area contributed by atoms with Gasteiger partial charge < -0.3 is 19.5 Å². The lowest BCUT2D eigenvalue weighted by molar-refractivity contribution is 0.298. The molecule has 0 aliphatic heterocycles. The van der Waals surface area contributed by atoms with Crippen molar-refractivity contribution in [3.05, 3.63) is 29.3 Å². The van der Waals surface area contributed by atoms with Crippen molar-refractivity contribution in [3.8, 4) is 17.2 Å². The van der Waals surface area contributed by atoms with Crippen LogP contribution in [0.5, 0.6) is 17.2 Å². The van der Waals surface area contributed by atoms with E-state index in [1.165, 1.54) is 0 Å². The summed E-state index contributed by atoms with van der Waals surface area (Å²) in [7, 11) is 5.04. The Morgan fingerprint density at radius 2 is 1.83 bits per heavy atom. The van der Waals surface area contributed by atoms with E-state index >= 15 is 0 Å². The monoisotopic (exact) mass is 271 g/mol. The number of ether oxygens (including phenoxy) is 3. The van der Waals surface area contributed by atoms with E-state index in [0.717, 1.165) is 12.1 Å². The minimum atomic E-state index is 0.208. The minimum absolute atomic E-state index is 0.208. The molecule has 18 heavy (non-hydrogen) atoms. The fourth-order valence-corrected chi connectivity index (χ4v) is 1.59. The van der Waals surface area contributed by atoms with E-state index in [4.69, 9.17) is 25.8 Å². The summed E-state index contributed by atoms with van der Waals surface area (Å²) < 4.78 is 16.1. The van der Waals surface area contributed by atoms with Crippen molar-refractivity contribution in [2.24, 2.45) is 0 Å². The van der Waals surface area contributed by atoms with E-state index < -0.39 is 0 Å². The van der Waals surface area contributed by atoms with Crippen LogP contribution in [-0.4, -0.2) is 27.9 Å². The molecule has 0 saturated carbocycles. The Labute approximate surface area is 112 Å². The van der Waals surface area contributed by atoms with E-state index in [-0.39, 0.29) is 6.61 Å². The third-order valence-corrected chi connectivity index (χ3v) is 2.38. The van der Waals surface area contributed by atoms with Crippen molar-refractivity contribution < 1.29 is 14.2 Å². The average molecular weight is 272 g/mol. The molecule has 0 amide bonds. The Morgan fingerprint density at radius 3 is 2.22 bits per heavy atom. The van der Waals surface area contributed by atoms with Gasteiger partial charge >= 0.3 is 0 Å². The first-order chi connectivity index (χ1) is 8.62. The lowest BCUT2D eigenvalue weighted by atomic mass is 10.2. The number of nitrogens with one attached hydrogen (secondary N) is 1. The molecule has 100 valence electrons. The lowest BCUT2D eigenvalue weighted by Crippen LogP contribution is -2.07. The highest BCUT2D eigenvalue weighted by molar-refractivity contribution is 6.29. The summed E-state index contributed by atoms with van der Waals surface area (Å²) >= 11 is 5.69. The van der Waals surface area contributed by atoms with Gasteiger partial charge in [-0.25, -0.2) is 0 Å². The van der Waals surface area contributed by atoms with Crippen molar-refractivity contribution in [1.82, 2.24) is 5.32 Å². The van der Waals surface area contributed by atoms with Crippen molar-refractivity contribution in [2.45, 2.75) is 6.54 Å². The molecule has 0 radical (unpaired) electrons. The van der Waals surface area contributed by atoms with Crippen molar-refractivity contribution in [1.29, 1.82) is 0 Å². The third-order valence-electron chi connectivity index (χ3n) is 2.27. The number of hydrogen-bond donors (Lipinski definition) is 1. The molecule has 0 aromatic heterocycles. The summed E-state index contributed by atoms with van der Waals surface area (Å²) in [5, 5.41) is 3.48. The van der Waals surface area contributed by atoms with E-state index in [9.17, 15) is 0 Å². The molecular weight excluding hydrogens is 254 g/mol. The largest absolute Gasteiger partial charge is 0.493 e. The van der Waals surface area contributed by atoms with Gasteiger partial charge in [0.05, 0.1) is 14.2 Å². The van der Waals surface area contributed by atoms with E-state index in [1.54, 1.807) is 14.2 Å². The molecule has 1 rings (SSSR count). The van der Waals surface area contributed by atoms with Gasteiger partial charge in [-0.1, -0.05) is 18.2 Å². The van der Waals surface area contributed by atoms with Crippen LogP contribution in [0.3, 0.4) is 0 Å². The normalized spacial score (nSPS) is 10.0. The zero-order valence-corrected chi connectivity index (χ0v) is 11.6. The minimum Gasteiger partial charge on any atom is -0.493 e. The fourth-order valence-electron chi connectivity index (χ4n) is 1.53. The van der Waals surface area contributed by atoms with Crippen LogP contribution in [0, 0.1) is 0 Å². The highest BCUT2D eigenvalue weighted by Crippen LogP contribution is 2.38. The van der Waals surface area contributed by atoms with E-state index in [2.05, 4.69) is 11.9 Å². The molecule has 0 spiro atoms. The first kappa shape index (κ1) is 14.7. The first-order valence-electron chi connectivity index (χ1n) is 5.48. The van der Waals surface area contributed by atoms with Gasteiger partial charge in [-0.2, -0.15) is 0 Å². The molecule has 0 bridgehead atoms. The Kier molecular flexibility index (Phi) is 5.82. The van der Waals surface area contributed by atoms with Crippen LogP contribution in [-0.2, 0) is 6.54 Å². The molecular formula is C13H18ClNO3. The SMILES string of the molecule is C=C(Cl)COc1c(OC)cc(CNC)cc1OC. The molecule has 0 heterocycles. The smallest absolute Gasteiger partial charge is 0.203 e. The predicted octanol–water partition coefficient (Wildman–Crippen LogP) is 2.55. The summed E-state index contributed by atoms with van der Waals surface area (Å²) in [4.78, 5) is 0. The predicted molar refractivity (Wildman–Crippen MR) is 72.8 cm³/mol. The molecule has 0 unspecified atom stereocenters. The number of benzene rings is 1. The van der Waals surface area contributed by atoms with Crippen molar-refractivity contribution in [3.63, 3.8) is 0 Å². The molecule has 0 atom stereocenters. The molecule has 1 N–H and O–H groups in total. The van der Waals surface area contributed by atoms with E-state index in [1.807, 2.05) is 19.2 Å². The van der Waals surface area contributed by atoms with Crippen molar-refractivity contribution >= 4 is 11.6 Å². The van der Waals surface area contributed by atoms with Crippen LogP contribution in [0.2, 0.25) is 0 Å². The van der Waals surface area contributed by atoms with Gasteiger partial charge in [0.1, 0.15) is 6.61 Å². The summed E-state index contributed by atoms with van der Waals surface area (Å²) in [6.07, 6.45) is 0. The second kappa shape index (κ2) is 7.13. The Morgan fingerprint density at radius 1 is 1.28 bits per heavy atom. The van der Waals surface area contributed by atoms with Crippen molar-refractivity contribution in [2.75, 3.05) is 27.9 Å². The Hall–Kier alpha value is -1.39. The van der Waals surface area contributed by atoms with E-state index in [0.29, 0.717) is 22.3 Å². The molecule has 1 aromatic rings. The molecule has 0 fully saturated rings. The second-order valence-corrected chi connectivity index (χ2v) is 4.20. The first-order valence-corrected chi connectivity index (χ1v) is 5.85. The van der Waals surface area contributed by atoms with Crippen LogP contribution in [0.1, 0.15) is 5.56 Å². The molecule has 0 saturated heterocycles. The van der Waals surface area contributed by atoms with Gasteiger partial charge in [0.2, 0.25) is 5.75 Å². The summed E-state index contributed by atoms with van der Waals surface area (Å²) in [6.45, 7) is 4.50. The van der Waals surface area contributed by atoms with Crippen LogP contribution in [0.15, 0.2) is 23.7 Å². The van der Waals surface area contributed by atoms with Gasteiger partial charge in [0.25, 0.3) is 0 Å². The molecule has 0 aliphatic rings. The van der Waals surface area contributed by atoms with Gasteiger partial charge in [-0.05, 0) is 24.7 Å². The number of rotatable bonds is 7. The van der Waals surface area contributed by atoms with Crippen LogP contribution < -0.4 is 19.5 Å². The number of methoxy groups -OCH3 is 2.